The molecule has 1 atom stereocenters. The lowest BCUT2D eigenvalue weighted by Gasteiger charge is -2.32. The van der Waals surface area contributed by atoms with Gasteiger partial charge in [0.1, 0.15) is 0 Å². The summed E-state index contributed by atoms with van der Waals surface area (Å²) in [7, 11) is -4.26. The number of hydrogen-bond donors (Lipinski definition) is 2. The molecule has 0 bridgehead atoms. The van der Waals surface area contributed by atoms with E-state index in [1.165, 1.54) is 12.1 Å². The molecule has 0 aliphatic carbocycles. The SMILES string of the molecule is C[C@@H]1CN(CC(=O)N2CCc3ccc(S(=O)(=O)O)cc32)CCN1. The Kier molecular flexibility index (Phi) is 4.41. The molecule has 0 aromatic heterocycles. The summed E-state index contributed by atoms with van der Waals surface area (Å²) in [6.07, 6.45) is 0.699. The molecule has 0 radical (unpaired) electrons. The molecule has 1 saturated heterocycles. The van der Waals surface area contributed by atoms with Gasteiger partial charge in [-0.2, -0.15) is 8.42 Å². The van der Waals surface area contributed by atoms with Gasteiger partial charge in [0, 0.05) is 37.9 Å². The Bertz CT molecular complexity index is 719. The van der Waals surface area contributed by atoms with Crippen molar-refractivity contribution in [1.82, 2.24) is 10.2 Å². The van der Waals surface area contributed by atoms with Crippen LogP contribution in [0.2, 0.25) is 0 Å². The number of rotatable bonds is 3. The van der Waals surface area contributed by atoms with Crippen LogP contribution in [0, 0.1) is 0 Å². The van der Waals surface area contributed by atoms with Gasteiger partial charge < -0.3 is 10.2 Å². The van der Waals surface area contributed by atoms with Gasteiger partial charge in [0.25, 0.3) is 10.1 Å². The number of nitrogens with one attached hydrogen (secondary N) is 1. The van der Waals surface area contributed by atoms with Crippen molar-refractivity contribution in [3.63, 3.8) is 0 Å². The van der Waals surface area contributed by atoms with E-state index in [1.54, 1.807) is 11.0 Å². The number of amides is 1. The molecule has 126 valence electrons. The van der Waals surface area contributed by atoms with E-state index < -0.39 is 10.1 Å². The van der Waals surface area contributed by atoms with Crippen LogP contribution < -0.4 is 10.2 Å². The van der Waals surface area contributed by atoms with E-state index in [2.05, 4.69) is 17.1 Å². The largest absolute Gasteiger partial charge is 0.312 e. The highest BCUT2D eigenvalue weighted by Gasteiger charge is 2.28. The van der Waals surface area contributed by atoms with Crippen molar-refractivity contribution < 1.29 is 17.8 Å². The highest BCUT2D eigenvalue weighted by Crippen LogP contribution is 2.30. The third-order valence-electron chi connectivity index (χ3n) is 4.36. The number of carbonyl (C=O) groups is 1. The van der Waals surface area contributed by atoms with Gasteiger partial charge in [0.05, 0.1) is 11.4 Å². The van der Waals surface area contributed by atoms with Crippen molar-refractivity contribution in [2.24, 2.45) is 0 Å². The van der Waals surface area contributed by atoms with Gasteiger partial charge in [-0.3, -0.25) is 14.2 Å². The number of piperazine rings is 1. The molecule has 2 heterocycles. The van der Waals surface area contributed by atoms with Crippen molar-refractivity contribution in [3.05, 3.63) is 23.8 Å². The van der Waals surface area contributed by atoms with Gasteiger partial charge >= 0.3 is 0 Å². The number of anilines is 1. The third kappa shape index (κ3) is 3.55. The minimum absolute atomic E-state index is 0.0367. The second-order valence-electron chi connectivity index (χ2n) is 6.15. The summed E-state index contributed by atoms with van der Waals surface area (Å²) >= 11 is 0. The molecule has 0 spiro atoms. The number of carbonyl (C=O) groups excluding carboxylic acids is 1. The number of fused-ring (bicyclic) bond motifs is 1. The van der Waals surface area contributed by atoms with Crippen LogP contribution in [0.5, 0.6) is 0 Å². The van der Waals surface area contributed by atoms with Crippen LogP contribution in [0.3, 0.4) is 0 Å². The predicted octanol–water partition coefficient (Wildman–Crippen LogP) is 0.116. The summed E-state index contributed by atoms with van der Waals surface area (Å²) < 4.78 is 31.8. The molecule has 2 aliphatic rings. The zero-order valence-electron chi connectivity index (χ0n) is 13.0. The number of benzene rings is 1. The van der Waals surface area contributed by atoms with Crippen molar-refractivity contribution >= 4 is 21.7 Å². The molecule has 0 unspecified atom stereocenters. The van der Waals surface area contributed by atoms with Crippen molar-refractivity contribution in [3.8, 4) is 0 Å². The van der Waals surface area contributed by atoms with E-state index in [1.807, 2.05) is 0 Å². The summed E-state index contributed by atoms with van der Waals surface area (Å²) in [5, 5.41) is 3.33. The van der Waals surface area contributed by atoms with Crippen LogP contribution in [0.4, 0.5) is 5.69 Å². The van der Waals surface area contributed by atoms with Crippen LogP contribution >= 0.6 is 0 Å². The maximum Gasteiger partial charge on any atom is 0.294 e. The van der Waals surface area contributed by atoms with E-state index in [0.29, 0.717) is 31.2 Å². The Labute approximate surface area is 136 Å². The maximum absolute atomic E-state index is 12.6. The Morgan fingerprint density at radius 1 is 1.39 bits per heavy atom. The van der Waals surface area contributed by atoms with E-state index in [4.69, 9.17) is 0 Å². The first-order valence-electron chi connectivity index (χ1n) is 7.71. The summed E-state index contributed by atoms with van der Waals surface area (Å²) in [5.74, 6) is -0.0367. The summed E-state index contributed by atoms with van der Waals surface area (Å²) in [6.45, 7) is 5.45. The normalized spacial score (nSPS) is 22.2. The summed E-state index contributed by atoms with van der Waals surface area (Å²) in [5.41, 5.74) is 1.52. The zero-order chi connectivity index (χ0) is 16.6. The van der Waals surface area contributed by atoms with Crippen molar-refractivity contribution in [2.75, 3.05) is 37.6 Å². The highest BCUT2D eigenvalue weighted by molar-refractivity contribution is 7.85. The topological polar surface area (TPSA) is 90.0 Å². The van der Waals surface area contributed by atoms with Gasteiger partial charge in [-0.1, -0.05) is 6.07 Å². The van der Waals surface area contributed by atoms with Crippen molar-refractivity contribution in [1.29, 1.82) is 0 Å². The second kappa shape index (κ2) is 6.20. The van der Waals surface area contributed by atoms with Crippen LogP contribution in [-0.4, -0.2) is 62.5 Å². The average Bonchev–Trinajstić information content (AvgIpc) is 2.89. The molecule has 1 amide bonds. The lowest BCUT2D eigenvalue weighted by Crippen LogP contribution is -2.52. The lowest BCUT2D eigenvalue weighted by atomic mass is 10.2. The van der Waals surface area contributed by atoms with Gasteiger partial charge in [0.15, 0.2) is 0 Å². The zero-order valence-corrected chi connectivity index (χ0v) is 13.8. The molecule has 23 heavy (non-hydrogen) atoms. The van der Waals surface area contributed by atoms with Crippen molar-refractivity contribution in [2.45, 2.75) is 24.3 Å². The molecule has 8 heteroatoms. The summed E-state index contributed by atoms with van der Waals surface area (Å²) in [4.78, 5) is 16.1. The molecule has 1 fully saturated rings. The Hall–Kier alpha value is -1.48. The quantitative estimate of drug-likeness (QED) is 0.760. The van der Waals surface area contributed by atoms with Crippen LogP contribution in [-0.2, 0) is 21.3 Å². The van der Waals surface area contributed by atoms with Gasteiger partial charge in [-0.25, -0.2) is 0 Å². The summed E-state index contributed by atoms with van der Waals surface area (Å²) in [6, 6.07) is 4.78. The highest BCUT2D eigenvalue weighted by atomic mass is 32.2. The molecule has 1 aromatic carbocycles. The lowest BCUT2D eigenvalue weighted by molar-refractivity contribution is -0.119. The fourth-order valence-corrected chi connectivity index (χ4v) is 3.71. The molecule has 2 aliphatic heterocycles. The number of nitrogens with zero attached hydrogens (tertiary/aromatic N) is 2. The Balaban J connectivity index is 1.77. The van der Waals surface area contributed by atoms with E-state index in [9.17, 15) is 17.8 Å². The molecule has 3 rings (SSSR count). The van der Waals surface area contributed by atoms with E-state index >= 15 is 0 Å². The molecule has 2 N–H and O–H groups in total. The first-order valence-corrected chi connectivity index (χ1v) is 9.15. The minimum atomic E-state index is -4.26. The molecule has 0 saturated carbocycles. The molecular formula is C15H21N3O4S. The Morgan fingerprint density at radius 2 is 2.17 bits per heavy atom. The fraction of sp³-hybridized carbons (Fsp3) is 0.533. The third-order valence-corrected chi connectivity index (χ3v) is 5.21. The van der Waals surface area contributed by atoms with Gasteiger partial charge in [-0.15, -0.1) is 0 Å². The first-order chi connectivity index (χ1) is 10.8. The molecule has 1 aromatic rings. The second-order valence-corrected chi connectivity index (χ2v) is 7.57. The number of hydrogen-bond acceptors (Lipinski definition) is 5. The molecule has 7 nitrogen and oxygen atoms in total. The van der Waals surface area contributed by atoms with E-state index in [0.717, 1.165) is 25.2 Å². The first kappa shape index (κ1) is 16.4. The van der Waals surface area contributed by atoms with Gasteiger partial charge in [-0.05, 0) is 31.0 Å². The van der Waals surface area contributed by atoms with E-state index in [-0.39, 0.29) is 10.8 Å². The minimum Gasteiger partial charge on any atom is -0.312 e. The standard InChI is InChI=1S/C15H21N3O4S/c1-11-9-17(7-5-16-11)10-15(19)18-6-4-12-2-3-13(8-14(12)18)23(20,21)22/h2-3,8,11,16H,4-7,9-10H2,1H3,(H,20,21,22)/t11-/m1/s1. The molecular weight excluding hydrogens is 318 g/mol. The monoisotopic (exact) mass is 339 g/mol. The van der Waals surface area contributed by atoms with Crippen LogP contribution in [0.1, 0.15) is 12.5 Å². The van der Waals surface area contributed by atoms with Gasteiger partial charge in [0.2, 0.25) is 5.91 Å². The Morgan fingerprint density at radius 3 is 2.87 bits per heavy atom. The fourth-order valence-electron chi connectivity index (χ4n) is 3.21. The van der Waals surface area contributed by atoms with Crippen LogP contribution in [0.15, 0.2) is 23.1 Å². The predicted molar refractivity (Wildman–Crippen MR) is 86.2 cm³/mol. The average molecular weight is 339 g/mol. The van der Waals surface area contributed by atoms with Crippen LogP contribution in [0.25, 0.3) is 0 Å². The smallest absolute Gasteiger partial charge is 0.294 e. The maximum atomic E-state index is 12.6.